The van der Waals surface area contributed by atoms with Gasteiger partial charge in [0.1, 0.15) is 0 Å². The van der Waals surface area contributed by atoms with Crippen molar-refractivity contribution in [1.82, 2.24) is 4.90 Å². The molecule has 0 aromatic heterocycles. The van der Waals surface area contributed by atoms with Crippen LogP contribution in [0.3, 0.4) is 0 Å². The highest BCUT2D eigenvalue weighted by Gasteiger charge is 2.24. The number of hydrogen-bond donors (Lipinski definition) is 0. The fourth-order valence-corrected chi connectivity index (χ4v) is 2.36. The summed E-state index contributed by atoms with van der Waals surface area (Å²) in [5.41, 5.74) is 1.01. The smallest absolute Gasteiger partial charge is 0.230 e. The van der Waals surface area contributed by atoms with Gasteiger partial charge in [-0.05, 0) is 60.1 Å². The van der Waals surface area contributed by atoms with E-state index >= 15 is 0 Å². The first kappa shape index (κ1) is 11.9. The molecule has 1 amide bonds. The average molecular weight is 328 g/mol. The Hall–Kier alpha value is -0.580. The minimum absolute atomic E-state index is 0.165. The van der Waals surface area contributed by atoms with E-state index in [2.05, 4.69) is 29.5 Å². The van der Waals surface area contributed by atoms with Crippen molar-refractivity contribution >= 4 is 28.5 Å². The van der Waals surface area contributed by atoms with Crippen LogP contribution in [0.5, 0.6) is 0 Å². The zero-order chi connectivity index (χ0) is 11.5. The molecule has 0 N–H and O–H groups in total. The number of nitrogens with zero attached hydrogens (tertiary/aromatic N) is 1. The lowest BCUT2D eigenvalue weighted by Gasteiger charge is -2.20. The number of amides is 1. The van der Waals surface area contributed by atoms with Crippen LogP contribution in [0.2, 0.25) is 0 Å². The van der Waals surface area contributed by atoms with Gasteiger partial charge in [-0.25, -0.2) is 0 Å². The number of hydrogen-bond acceptors (Lipinski definition) is 1. The number of carbonyl (C=O) groups is 1. The molecule has 1 aliphatic heterocycles. The summed E-state index contributed by atoms with van der Waals surface area (Å²) in [5.74, 6) is -0.0891. The molecule has 1 aromatic carbocycles. The molecule has 3 heteroatoms. The molecule has 1 fully saturated rings. The number of likely N-dealkylation sites (tertiary alicyclic amines) is 1. The molecule has 0 aliphatic carbocycles. The van der Waals surface area contributed by atoms with Crippen molar-refractivity contribution in [3.63, 3.8) is 0 Å². The van der Waals surface area contributed by atoms with E-state index in [-0.39, 0.29) is 11.8 Å². The van der Waals surface area contributed by atoms with Crippen LogP contribution >= 0.6 is 22.6 Å². The third-order valence-electron chi connectivity index (χ3n) is 2.99. The average Bonchev–Trinajstić information content (AvgIpc) is 2.81. The van der Waals surface area contributed by atoms with E-state index in [1.165, 1.54) is 3.57 Å². The highest BCUT2D eigenvalue weighted by Crippen LogP contribution is 2.21. The maximum Gasteiger partial charge on any atom is 0.230 e. The van der Waals surface area contributed by atoms with E-state index in [4.69, 9.17) is 0 Å². The van der Waals surface area contributed by atoms with Crippen LogP contribution < -0.4 is 0 Å². The molecule has 1 aromatic rings. The molecular formula is C13H15INO. The summed E-state index contributed by atoms with van der Waals surface area (Å²) in [6.45, 7) is 5.78. The molecule has 1 heterocycles. The minimum atomic E-state index is -0.255. The largest absolute Gasteiger partial charge is 0.342 e. The number of benzene rings is 1. The van der Waals surface area contributed by atoms with Crippen LogP contribution in [0, 0.1) is 10.5 Å². The second-order valence-electron chi connectivity index (χ2n) is 4.14. The van der Waals surface area contributed by atoms with Crippen molar-refractivity contribution in [2.75, 3.05) is 13.1 Å². The van der Waals surface area contributed by atoms with Gasteiger partial charge in [-0.1, -0.05) is 12.1 Å². The third-order valence-corrected chi connectivity index (χ3v) is 3.71. The predicted molar refractivity (Wildman–Crippen MR) is 73.1 cm³/mol. The number of carbonyl (C=O) groups excluding carboxylic acids is 1. The van der Waals surface area contributed by atoms with Crippen LogP contribution in [0.4, 0.5) is 0 Å². The molecule has 2 nitrogen and oxygen atoms in total. The van der Waals surface area contributed by atoms with E-state index in [1.54, 1.807) is 0 Å². The molecule has 0 unspecified atom stereocenters. The molecule has 0 spiro atoms. The Labute approximate surface area is 110 Å². The fraction of sp³-hybridized carbons (Fsp3) is 0.385. The summed E-state index contributed by atoms with van der Waals surface area (Å²) < 4.78 is 1.18. The lowest BCUT2D eigenvalue weighted by atomic mass is 10.00. The Kier molecular flexibility index (Phi) is 3.84. The van der Waals surface area contributed by atoms with Gasteiger partial charge >= 0.3 is 0 Å². The van der Waals surface area contributed by atoms with Gasteiger partial charge in [0.25, 0.3) is 0 Å². The molecule has 1 atom stereocenters. The normalized spacial score (nSPS) is 17.5. The number of halogens is 1. The van der Waals surface area contributed by atoms with Crippen LogP contribution in [0.1, 0.15) is 24.3 Å². The quantitative estimate of drug-likeness (QED) is 0.765. The van der Waals surface area contributed by atoms with Crippen LogP contribution in [-0.2, 0) is 4.79 Å². The zero-order valence-corrected chi connectivity index (χ0v) is 11.3. The first-order chi connectivity index (χ1) is 7.68. The molecular weight excluding hydrogens is 313 g/mol. The van der Waals surface area contributed by atoms with Gasteiger partial charge in [0.2, 0.25) is 5.91 Å². The Balaban J connectivity index is 2.08. The Morgan fingerprint density at radius 3 is 2.38 bits per heavy atom. The third kappa shape index (κ3) is 2.56. The van der Waals surface area contributed by atoms with Crippen molar-refractivity contribution in [1.29, 1.82) is 0 Å². The maximum atomic E-state index is 12.1. The lowest BCUT2D eigenvalue weighted by molar-refractivity contribution is -0.130. The van der Waals surface area contributed by atoms with E-state index in [9.17, 15) is 4.79 Å². The van der Waals surface area contributed by atoms with E-state index < -0.39 is 0 Å². The van der Waals surface area contributed by atoms with Gasteiger partial charge < -0.3 is 4.90 Å². The number of rotatable bonds is 2. The molecule has 1 saturated heterocycles. The Morgan fingerprint density at radius 1 is 1.25 bits per heavy atom. The van der Waals surface area contributed by atoms with E-state index in [1.807, 2.05) is 29.2 Å². The second-order valence-corrected chi connectivity index (χ2v) is 5.38. The molecule has 1 radical (unpaired) electrons. The minimum Gasteiger partial charge on any atom is -0.342 e. The molecule has 1 aliphatic rings. The summed E-state index contributed by atoms with van der Waals surface area (Å²) in [6.07, 6.45) is 2.26. The zero-order valence-electron chi connectivity index (χ0n) is 9.16. The summed E-state index contributed by atoms with van der Waals surface area (Å²) >= 11 is 2.26. The molecule has 0 bridgehead atoms. The molecule has 16 heavy (non-hydrogen) atoms. The fourth-order valence-electron chi connectivity index (χ4n) is 2.00. The summed E-state index contributed by atoms with van der Waals surface area (Å²) in [4.78, 5) is 14.0. The van der Waals surface area contributed by atoms with Crippen molar-refractivity contribution in [3.05, 3.63) is 40.3 Å². The van der Waals surface area contributed by atoms with Crippen LogP contribution in [-0.4, -0.2) is 23.9 Å². The first-order valence-electron chi connectivity index (χ1n) is 5.56. The van der Waals surface area contributed by atoms with Gasteiger partial charge in [0, 0.05) is 16.7 Å². The topological polar surface area (TPSA) is 20.3 Å². The van der Waals surface area contributed by atoms with Gasteiger partial charge in [-0.3, -0.25) is 4.79 Å². The summed E-state index contributed by atoms with van der Waals surface area (Å²) in [5, 5.41) is 0. The molecule has 2 rings (SSSR count). The van der Waals surface area contributed by atoms with Crippen molar-refractivity contribution in [3.8, 4) is 0 Å². The highest BCUT2D eigenvalue weighted by atomic mass is 127. The van der Waals surface area contributed by atoms with E-state index in [0.717, 1.165) is 31.5 Å². The highest BCUT2D eigenvalue weighted by molar-refractivity contribution is 14.1. The molecule has 85 valence electrons. The summed E-state index contributed by atoms with van der Waals surface area (Å²) in [7, 11) is 0. The maximum absolute atomic E-state index is 12.1. The predicted octanol–water partition coefficient (Wildman–Crippen LogP) is 2.83. The molecule has 0 saturated carbocycles. The van der Waals surface area contributed by atoms with Crippen LogP contribution in [0.15, 0.2) is 24.3 Å². The standard InChI is InChI=1S/C13H15INO/c1-10(11-4-6-12(14)7-5-11)13(16)15-8-2-3-9-15/h4-7,10H,1-3,8-9H2/t10-/m0/s1. The van der Waals surface area contributed by atoms with Gasteiger partial charge in [0.05, 0.1) is 5.92 Å². The first-order valence-corrected chi connectivity index (χ1v) is 6.63. The Morgan fingerprint density at radius 2 is 1.81 bits per heavy atom. The van der Waals surface area contributed by atoms with Gasteiger partial charge in [0.15, 0.2) is 0 Å². The van der Waals surface area contributed by atoms with E-state index in [0.29, 0.717) is 0 Å². The van der Waals surface area contributed by atoms with Gasteiger partial charge in [-0.15, -0.1) is 0 Å². The van der Waals surface area contributed by atoms with Crippen LogP contribution in [0.25, 0.3) is 0 Å². The van der Waals surface area contributed by atoms with Crippen molar-refractivity contribution in [2.45, 2.75) is 18.8 Å². The monoisotopic (exact) mass is 328 g/mol. The van der Waals surface area contributed by atoms with Crippen molar-refractivity contribution < 1.29 is 4.79 Å². The SMILES string of the molecule is [CH2][C@H](C(=O)N1CCCC1)c1ccc(I)cc1. The lowest BCUT2D eigenvalue weighted by Crippen LogP contribution is -2.31. The Bertz CT molecular complexity index is 368. The summed E-state index contributed by atoms with van der Waals surface area (Å²) in [6, 6.07) is 8.03. The second kappa shape index (κ2) is 5.17. The van der Waals surface area contributed by atoms with Gasteiger partial charge in [-0.2, -0.15) is 0 Å². The van der Waals surface area contributed by atoms with Crippen molar-refractivity contribution in [2.24, 2.45) is 0 Å².